The van der Waals surface area contributed by atoms with Gasteiger partial charge in [-0.25, -0.2) is 0 Å². The summed E-state index contributed by atoms with van der Waals surface area (Å²) in [6.07, 6.45) is 3.97. The summed E-state index contributed by atoms with van der Waals surface area (Å²) in [6, 6.07) is 1.43. The minimum atomic E-state index is 0.657. The smallest absolute Gasteiger partial charge is 0.0594 e. The van der Waals surface area contributed by atoms with Crippen LogP contribution in [0.25, 0.3) is 0 Å². The Morgan fingerprint density at radius 1 is 1.10 bits per heavy atom. The van der Waals surface area contributed by atoms with Crippen molar-refractivity contribution in [1.82, 2.24) is 15.1 Å². The number of hydrogen-bond donors (Lipinski definition) is 1. The van der Waals surface area contributed by atoms with Gasteiger partial charge in [-0.2, -0.15) is 0 Å². The monoisotopic (exact) mass is 297 g/mol. The summed E-state index contributed by atoms with van der Waals surface area (Å²) in [4.78, 5) is 5.25. The van der Waals surface area contributed by atoms with Gasteiger partial charge in [0.25, 0.3) is 0 Å². The molecule has 2 saturated heterocycles. The maximum atomic E-state index is 5.45. The molecule has 0 saturated carbocycles. The van der Waals surface area contributed by atoms with Crippen molar-refractivity contribution in [3.05, 3.63) is 0 Å². The van der Waals surface area contributed by atoms with Gasteiger partial charge in [-0.3, -0.25) is 4.90 Å². The van der Waals surface area contributed by atoms with Crippen LogP contribution < -0.4 is 5.32 Å². The van der Waals surface area contributed by atoms with Crippen molar-refractivity contribution in [2.45, 2.75) is 52.1 Å². The van der Waals surface area contributed by atoms with Gasteiger partial charge in [-0.1, -0.05) is 13.8 Å². The third-order valence-electron chi connectivity index (χ3n) is 4.91. The van der Waals surface area contributed by atoms with Crippen molar-refractivity contribution < 1.29 is 4.74 Å². The molecule has 2 aliphatic heterocycles. The quantitative estimate of drug-likeness (QED) is 0.739. The summed E-state index contributed by atoms with van der Waals surface area (Å²) in [7, 11) is 0. The number of nitrogens with zero attached hydrogens (tertiary/aromatic N) is 2. The minimum Gasteiger partial charge on any atom is -0.379 e. The van der Waals surface area contributed by atoms with Crippen molar-refractivity contribution in [2.75, 3.05) is 52.5 Å². The number of likely N-dealkylation sites (tertiary alicyclic amines) is 1. The van der Waals surface area contributed by atoms with Crippen LogP contribution in [0.1, 0.15) is 40.0 Å². The summed E-state index contributed by atoms with van der Waals surface area (Å²) in [5.74, 6) is 0.821. The molecule has 0 amide bonds. The van der Waals surface area contributed by atoms with Crippen molar-refractivity contribution in [3.8, 4) is 0 Å². The summed E-state index contributed by atoms with van der Waals surface area (Å²) >= 11 is 0. The Morgan fingerprint density at radius 2 is 1.86 bits per heavy atom. The molecule has 0 radical (unpaired) electrons. The molecular weight excluding hydrogens is 262 g/mol. The molecule has 124 valence electrons. The SMILES string of the molecule is CC(C)CCC(C)NCCN1CCC(N2CCOCC2)C1. The summed E-state index contributed by atoms with van der Waals surface area (Å²) < 4.78 is 5.45. The number of rotatable bonds is 8. The first-order chi connectivity index (χ1) is 10.1. The third kappa shape index (κ3) is 6.23. The highest BCUT2D eigenvalue weighted by molar-refractivity contribution is 4.84. The van der Waals surface area contributed by atoms with E-state index in [4.69, 9.17) is 4.74 Å². The molecule has 0 aromatic heterocycles. The topological polar surface area (TPSA) is 27.7 Å². The first-order valence-electron chi connectivity index (χ1n) is 8.92. The Hall–Kier alpha value is -0.160. The number of nitrogens with one attached hydrogen (secondary N) is 1. The fourth-order valence-corrected chi connectivity index (χ4v) is 3.41. The normalized spacial score (nSPS) is 26.6. The molecule has 2 rings (SSSR count). The molecule has 0 aliphatic carbocycles. The average molecular weight is 297 g/mol. The lowest BCUT2D eigenvalue weighted by Crippen LogP contribution is -2.45. The molecule has 0 aromatic carbocycles. The van der Waals surface area contributed by atoms with Crippen LogP contribution in [0.4, 0.5) is 0 Å². The van der Waals surface area contributed by atoms with Gasteiger partial charge >= 0.3 is 0 Å². The predicted octanol–water partition coefficient (Wildman–Crippen LogP) is 1.81. The van der Waals surface area contributed by atoms with Gasteiger partial charge in [0.15, 0.2) is 0 Å². The Morgan fingerprint density at radius 3 is 2.57 bits per heavy atom. The van der Waals surface area contributed by atoms with E-state index in [0.717, 1.165) is 44.8 Å². The Kier molecular flexibility index (Phi) is 7.44. The zero-order chi connectivity index (χ0) is 15.1. The Bertz CT molecular complexity index is 279. The fourth-order valence-electron chi connectivity index (χ4n) is 3.41. The summed E-state index contributed by atoms with van der Waals surface area (Å²) in [5, 5.41) is 3.68. The highest BCUT2D eigenvalue weighted by atomic mass is 16.5. The van der Waals surface area contributed by atoms with Gasteiger partial charge in [0.1, 0.15) is 0 Å². The Labute approximate surface area is 131 Å². The molecule has 4 heteroatoms. The first kappa shape index (κ1) is 17.2. The van der Waals surface area contributed by atoms with E-state index in [2.05, 4.69) is 35.9 Å². The fraction of sp³-hybridized carbons (Fsp3) is 1.00. The van der Waals surface area contributed by atoms with Gasteiger partial charge in [-0.05, 0) is 38.6 Å². The van der Waals surface area contributed by atoms with E-state index < -0.39 is 0 Å². The molecule has 0 aromatic rings. The molecule has 2 atom stereocenters. The van der Waals surface area contributed by atoms with E-state index >= 15 is 0 Å². The number of hydrogen-bond acceptors (Lipinski definition) is 4. The first-order valence-corrected chi connectivity index (χ1v) is 8.92. The lowest BCUT2D eigenvalue weighted by molar-refractivity contribution is 0.0185. The van der Waals surface area contributed by atoms with E-state index in [0.29, 0.717) is 6.04 Å². The predicted molar refractivity (Wildman–Crippen MR) is 88.8 cm³/mol. The number of morpholine rings is 1. The van der Waals surface area contributed by atoms with E-state index in [1.54, 1.807) is 0 Å². The van der Waals surface area contributed by atoms with Gasteiger partial charge in [0.2, 0.25) is 0 Å². The van der Waals surface area contributed by atoms with Crippen molar-refractivity contribution in [2.24, 2.45) is 5.92 Å². The number of ether oxygens (including phenoxy) is 1. The highest BCUT2D eigenvalue weighted by Gasteiger charge is 2.28. The molecule has 2 fully saturated rings. The van der Waals surface area contributed by atoms with Crippen LogP contribution in [0.3, 0.4) is 0 Å². The molecule has 2 aliphatic rings. The average Bonchev–Trinajstić information content (AvgIpc) is 2.95. The van der Waals surface area contributed by atoms with Crippen LogP contribution in [0, 0.1) is 5.92 Å². The van der Waals surface area contributed by atoms with Gasteiger partial charge < -0.3 is 15.0 Å². The molecule has 2 unspecified atom stereocenters. The van der Waals surface area contributed by atoms with Gasteiger partial charge in [0, 0.05) is 44.8 Å². The highest BCUT2D eigenvalue weighted by Crippen LogP contribution is 2.16. The maximum absolute atomic E-state index is 5.45. The third-order valence-corrected chi connectivity index (χ3v) is 4.91. The van der Waals surface area contributed by atoms with Crippen LogP contribution in [0.5, 0.6) is 0 Å². The second-order valence-electron chi connectivity index (χ2n) is 7.22. The van der Waals surface area contributed by atoms with E-state index in [1.807, 2.05) is 0 Å². The molecule has 21 heavy (non-hydrogen) atoms. The minimum absolute atomic E-state index is 0.657. The molecule has 2 heterocycles. The largest absolute Gasteiger partial charge is 0.379 e. The molecular formula is C17H35N3O. The van der Waals surface area contributed by atoms with Gasteiger partial charge in [0.05, 0.1) is 13.2 Å². The zero-order valence-corrected chi connectivity index (χ0v) is 14.3. The van der Waals surface area contributed by atoms with Crippen molar-refractivity contribution in [1.29, 1.82) is 0 Å². The summed E-state index contributed by atoms with van der Waals surface area (Å²) in [5.41, 5.74) is 0. The van der Waals surface area contributed by atoms with Crippen LogP contribution in [0.2, 0.25) is 0 Å². The van der Waals surface area contributed by atoms with Crippen LogP contribution in [0.15, 0.2) is 0 Å². The Balaban J connectivity index is 1.55. The van der Waals surface area contributed by atoms with E-state index in [9.17, 15) is 0 Å². The van der Waals surface area contributed by atoms with Crippen molar-refractivity contribution >= 4 is 0 Å². The van der Waals surface area contributed by atoms with E-state index in [-0.39, 0.29) is 0 Å². The van der Waals surface area contributed by atoms with Crippen LogP contribution in [-0.4, -0.2) is 74.4 Å². The lowest BCUT2D eigenvalue weighted by Gasteiger charge is -2.32. The zero-order valence-electron chi connectivity index (χ0n) is 14.3. The summed E-state index contributed by atoms with van der Waals surface area (Å²) in [6.45, 7) is 15.9. The standard InChI is InChI=1S/C17H35N3O/c1-15(2)4-5-16(3)18-7-9-19-8-6-17(14-19)20-10-12-21-13-11-20/h15-18H,4-14H2,1-3H3. The molecule has 0 spiro atoms. The second-order valence-corrected chi connectivity index (χ2v) is 7.22. The van der Waals surface area contributed by atoms with Gasteiger partial charge in [-0.15, -0.1) is 0 Å². The van der Waals surface area contributed by atoms with Crippen LogP contribution >= 0.6 is 0 Å². The molecule has 1 N–H and O–H groups in total. The van der Waals surface area contributed by atoms with E-state index in [1.165, 1.54) is 38.9 Å². The second kappa shape index (κ2) is 9.09. The van der Waals surface area contributed by atoms with Crippen molar-refractivity contribution in [3.63, 3.8) is 0 Å². The molecule has 4 nitrogen and oxygen atoms in total. The molecule has 0 bridgehead atoms. The lowest BCUT2D eigenvalue weighted by atomic mass is 10.0. The maximum Gasteiger partial charge on any atom is 0.0594 e. The van der Waals surface area contributed by atoms with Crippen LogP contribution in [-0.2, 0) is 4.74 Å².